The largest absolute Gasteiger partial charge is 0.313 e. The fourth-order valence-corrected chi connectivity index (χ4v) is 4.81. The van der Waals surface area contributed by atoms with Crippen LogP contribution in [0.1, 0.15) is 44.1 Å². The van der Waals surface area contributed by atoms with E-state index >= 15 is 0 Å². The lowest BCUT2D eigenvalue weighted by atomic mass is 9.92. The zero-order valence-electron chi connectivity index (χ0n) is 16.6. The van der Waals surface area contributed by atoms with E-state index in [1.807, 2.05) is 0 Å². The van der Waals surface area contributed by atoms with Crippen molar-refractivity contribution < 1.29 is 0 Å². The molecule has 2 aliphatic carbocycles. The summed E-state index contributed by atoms with van der Waals surface area (Å²) in [6, 6.07) is 11.6. The minimum absolute atomic E-state index is 0.499. The summed E-state index contributed by atoms with van der Waals surface area (Å²) >= 11 is 0. The van der Waals surface area contributed by atoms with Crippen molar-refractivity contribution in [3.8, 4) is 0 Å². The summed E-state index contributed by atoms with van der Waals surface area (Å²) in [6.07, 6.45) is 16.5. The Morgan fingerprint density at radius 3 is 2.74 bits per heavy atom. The molecule has 4 rings (SSSR count). The van der Waals surface area contributed by atoms with Gasteiger partial charge in [-0.1, -0.05) is 66.8 Å². The van der Waals surface area contributed by atoms with Crippen LogP contribution in [0.25, 0.3) is 0 Å². The topological polar surface area (TPSA) is 15.3 Å². The van der Waals surface area contributed by atoms with Crippen LogP contribution in [0.15, 0.2) is 66.8 Å². The molecule has 1 aromatic rings. The predicted octanol–water partition coefficient (Wildman–Crippen LogP) is 5.10. The second kappa shape index (κ2) is 8.58. The smallest absolute Gasteiger partial charge is 0.0233 e. The lowest BCUT2D eigenvalue weighted by Crippen LogP contribution is -2.38. The fourth-order valence-electron chi connectivity index (χ4n) is 4.81. The molecule has 0 bridgehead atoms. The van der Waals surface area contributed by atoms with Gasteiger partial charge >= 0.3 is 0 Å². The maximum absolute atomic E-state index is 4.19. The first-order chi connectivity index (χ1) is 13.2. The van der Waals surface area contributed by atoms with Gasteiger partial charge < -0.3 is 5.32 Å². The van der Waals surface area contributed by atoms with Crippen molar-refractivity contribution in [2.45, 2.75) is 51.1 Å². The number of piperidine rings is 1. The number of nitrogens with one attached hydrogen (secondary N) is 1. The molecule has 2 nitrogen and oxygen atoms in total. The summed E-state index contributed by atoms with van der Waals surface area (Å²) in [6.45, 7) is 8.98. The standard InChI is InChI=1S/C25H34N2/c1-21-8-4-3-7-14-25(15-11-21)18-24(25)26-19-22-12-16-27(17-13-22)20-23-9-5-2-6-10-23/h2-10,22,24,26H,1,11-20H2/b7-3-,8-4-. The molecular formula is C25H34N2. The third kappa shape index (κ3) is 5.00. The van der Waals surface area contributed by atoms with E-state index in [2.05, 4.69) is 71.4 Å². The highest BCUT2D eigenvalue weighted by atomic mass is 15.1. The average Bonchev–Trinajstić information content (AvgIpc) is 3.37. The highest BCUT2D eigenvalue weighted by Gasteiger charge is 2.52. The molecule has 1 saturated heterocycles. The lowest BCUT2D eigenvalue weighted by molar-refractivity contribution is 0.174. The third-order valence-corrected chi connectivity index (χ3v) is 6.85. The lowest BCUT2D eigenvalue weighted by Gasteiger charge is -2.32. The van der Waals surface area contributed by atoms with Crippen LogP contribution in [0.2, 0.25) is 0 Å². The van der Waals surface area contributed by atoms with Crippen LogP contribution in [-0.4, -0.2) is 30.6 Å². The number of benzene rings is 1. The van der Waals surface area contributed by atoms with Gasteiger partial charge in [0.1, 0.15) is 0 Å². The molecule has 0 radical (unpaired) electrons. The van der Waals surface area contributed by atoms with Crippen LogP contribution in [0.4, 0.5) is 0 Å². The van der Waals surface area contributed by atoms with Gasteiger partial charge in [-0.2, -0.15) is 0 Å². The molecule has 1 aliphatic heterocycles. The number of hydrogen-bond acceptors (Lipinski definition) is 2. The van der Waals surface area contributed by atoms with Crippen LogP contribution < -0.4 is 5.32 Å². The number of nitrogens with zero attached hydrogens (tertiary/aromatic N) is 1. The van der Waals surface area contributed by atoms with Crippen molar-refractivity contribution in [2.24, 2.45) is 11.3 Å². The Bertz CT molecular complexity index is 682. The predicted molar refractivity (Wildman–Crippen MR) is 115 cm³/mol. The molecule has 3 aliphatic rings. The van der Waals surface area contributed by atoms with Gasteiger partial charge in [-0.15, -0.1) is 0 Å². The zero-order valence-corrected chi connectivity index (χ0v) is 16.6. The van der Waals surface area contributed by atoms with E-state index in [1.54, 1.807) is 0 Å². The SMILES string of the molecule is C=C1/C=C\C=C/CC2(CC1)CC2NCC1CCN(Cc2ccccc2)CC1. The average molecular weight is 363 g/mol. The second-order valence-electron chi connectivity index (χ2n) is 8.88. The first-order valence-corrected chi connectivity index (χ1v) is 10.7. The Kier molecular flexibility index (Phi) is 5.95. The van der Waals surface area contributed by atoms with Crippen molar-refractivity contribution in [3.63, 3.8) is 0 Å². The van der Waals surface area contributed by atoms with E-state index in [0.717, 1.165) is 24.9 Å². The van der Waals surface area contributed by atoms with Crippen LogP contribution in [0, 0.1) is 11.3 Å². The Morgan fingerprint density at radius 2 is 1.93 bits per heavy atom. The maximum Gasteiger partial charge on any atom is 0.0233 e. The van der Waals surface area contributed by atoms with Gasteiger partial charge in [-0.25, -0.2) is 0 Å². The molecule has 1 N–H and O–H groups in total. The van der Waals surface area contributed by atoms with Gasteiger partial charge in [0.15, 0.2) is 0 Å². The van der Waals surface area contributed by atoms with Gasteiger partial charge in [0.2, 0.25) is 0 Å². The molecule has 1 spiro atoms. The van der Waals surface area contributed by atoms with Crippen LogP contribution in [-0.2, 0) is 6.54 Å². The van der Waals surface area contributed by atoms with E-state index < -0.39 is 0 Å². The number of allylic oxidation sites excluding steroid dienone is 5. The summed E-state index contributed by atoms with van der Waals surface area (Å²) in [5.41, 5.74) is 3.22. The molecule has 1 saturated carbocycles. The summed E-state index contributed by atoms with van der Waals surface area (Å²) < 4.78 is 0. The van der Waals surface area contributed by atoms with Crippen molar-refractivity contribution in [1.29, 1.82) is 0 Å². The summed E-state index contributed by atoms with van der Waals surface area (Å²) in [5, 5.41) is 3.93. The van der Waals surface area contributed by atoms with E-state index in [1.165, 1.54) is 62.9 Å². The van der Waals surface area contributed by atoms with E-state index in [4.69, 9.17) is 0 Å². The summed E-state index contributed by atoms with van der Waals surface area (Å²) in [5.74, 6) is 0.846. The molecule has 2 atom stereocenters. The van der Waals surface area contributed by atoms with Crippen LogP contribution in [0.5, 0.6) is 0 Å². The zero-order chi connectivity index (χ0) is 18.5. The molecule has 1 aromatic carbocycles. The quantitative estimate of drug-likeness (QED) is 0.784. The highest BCUT2D eigenvalue weighted by molar-refractivity contribution is 5.23. The minimum atomic E-state index is 0.499. The Labute approximate surface area is 165 Å². The third-order valence-electron chi connectivity index (χ3n) is 6.85. The summed E-state index contributed by atoms with van der Waals surface area (Å²) in [4.78, 5) is 2.62. The van der Waals surface area contributed by atoms with Crippen LogP contribution >= 0.6 is 0 Å². The van der Waals surface area contributed by atoms with Crippen molar-refractivity contribution in [1.82, 2.24) is 10.2 Å². The normalized spacial score (nSPS) is 31.9. The molecule has 2 fully saturated rings. The highest BCUT2D eigenvalue weighted by Crippen LogP contribution is 2.53. The Balaban J connectivity index is 1.19. The van der Waals surface area contributed by atoms with E-state index in [-0.39, 0.29) is 0 Å². The maximum atomic E-state index is 4.19. The first-order valence-electron chi connectivity index (χ1n) is 10.7. The molecular weight excluding hydrogens is 328 g/mol. The van der Waals surface area contributed by atoms with Gasteiger partial charge in [-0.3, -0.25) is 4.90 Å². The number of hydrogen-bond donors (Lipinski definition) is 1. The van der Waals surface area contributed by atoms with Crippen molar-refractivity contribution in [3.05, 3.63) is 72.4 Å². The van der Waals surface area contributed by atoms with Gasteiger partial charge in [-0.05, 0) is 75.1 Å². The summed E-state index contributed by atoms with van der Waals surface area (Å²) in [7, 11) is 0. The second-order valence-corrected chi connectivity index (χ2v) is 8.88. The Hall–Kier alpha value is -1.64. The molecule has 144 valence electrons. The van der Waals surface area contributed by atoms with Gasteiger partial charge in [0.25, 0.3) is 0 Å². The van der Waals surface area contributed by atoms with Crippen LogP contribution in [0.3, 0.4) is 0 Å². The number of rotatable bonds is 5. The first kappa shape index (κ1) is 18.7. The Morgan fingerprint density at radius 1 is 1.11 bits per heavy atom. The fraction of sp³-hybridized carbons (Fsp3) is 0.520. The monoisotopic (exact) mass is 362 g/mol. The van der Waals surface area contributed by atoms with Crippen molar-refractivity contribution in [2.75, 3.05) is 19.6 Å². The minimum Gasteiger partial charge on any atom is -0.313 e. The number of likely N-dealkylation sites (tertiary alicyclic amines) is 1. The molecule has 1 heterocycles. The molecule has 2 unspecified atom stereocenters. The molecule has 2 heteroatoms. The molecule has 27 heavy (non-hydrogen) atoms. The van der Waals surface area contributed by atoms with Gasteiger partial charge in [0.05, 0.1) is 0 Å². The molecule has 0 amide bonds. The van der Waals surface area contributed by atoms with E-state index in [9.17, 15) is 0 Å². The molecule has 0 aromatic heterocycles. The van der Waals surface area contributed by atoms with Gasteiger partial charge in [0, 0.05) is 12.6 Å². The van der Waals surface area contributed by atoms with E-state index in [0.29, 0.717) is 5.41 Å². The van der Waals surface area contributed by atoms with Crippen molar-refractivity contribution >= 4 is 0 Å².